The molecule has 0 heterocycles. The Hall–Kier alpha value is -0.830. The number of rotatable bonds is 5. The Labute approximate surface area is 117 Å². The lowest BCUT2D eigenvalue weighted by molar-refractivity contribution is -0.0612. The van der Waals surface area contributed by atoms with Crippen molar-refractivity contribution >= 4 is 33.3 Å². The van der Waals surface area contributed by atoms with Crippen LogP contribution in [0.1, 0.15) is 5.56 Å². The summed E-state index contributed by atoms with van der Waals surface area (Å²) in [6.07, 6.45) is 0. The number of nitroso groups, excluding NO2 is 1. The number of halogens is 4. The minimum atomic E-state index is -4.76. The molecule has 1 aromatic carbocycles. The van der Waals surface area contributed by atoms with Crippen molar-refractivity contribution in [1.82, 2.24) is 0 Å². The van der Waals surface area contributed by atoms with E-state index in [4.69, 9.17) is 11.6 Å². The number of aryl methyl sites for hydroxylation is 1. The zero-order chi connectivity index (χ0) is 14.9. The third-order valence-electron chi connectivity index (χ3n) is 1.99. The minimum absolute atomic E-state index is 0.487. The van der Waals surface area contributed by atoms with E-state index in [2.05, 4.69) is 15.8 Å². The Morgan fingerprint density at radius 3 is 2.11 bits per heavy atom. The Morgan fingerprint density at radius 1 is 1.21 bits per heavy atom. The van der Waals surface area contributed by atoms with Gasteiger partial charge >= 0.3 is 20.7 Å². The van der Waals surface area contributed by atoms with Gasteiger partial charge in [0.25, 0.3) is 0 Å². The van der Waals surface area contributed by atoms with Crippen LogP contribution in [0.15, 0.2) is 34.3 Å². The van der Waals surface area contributed by atoms with E-state index in [1.54, 1.807) is 6.92 Å². The van der Waals surface area contributed by atoms with Gasteiger partial charge in [-0.05, 0) is 47.4 Å². The molecule has 1 aromatic rings. The second-order valence-corrected chi connectivity index (χ2v) is 6.03. The Bertz CT molecular complexity index is 574. The molecule has 2 unspecified atom stereocenters. The molecular formula is C9H7Cl2F2NO4S. The van der Waals surface area contributed by atoms with Gasteiger partial charge in [0.2, 0.25) is 0 Å². The molecule has 0 aliphatic rings. The fourth-order valence-electron chi connectivity index (χ4n) is 0.994. The molecule has 0 bridgehead atoms. The minimum Gasteiger partial charge on any atom is -0.205 e. The summed E-state index contributed by atoms with van der Waals surface area (Å²) < 4.78 is 53.6. The number of hydrogen-bond acceptors (Lipinski definition) is 5. The van der Waals surface area contributed by atoms with Gasteiger partial charge in [0.05, 0.1) is 4.90 Å². The molecule has 0 radical (unpaired) electrons. The van der Waals surface area contributed by atoms with E-state index in [0.29, 0.717) is 0 Å². The Balaban J connectivity index is 3.10. The number of alkyl halides is 4. The lowest BCUT2D eigenvalue weighted by Crippen LogP contribution is -2.40. The highest BCUT2D eigenvalue weighted by Gasteiger charge is 2.58. The van der Waals surface area contributed by atoms with Crippen LogP contribution in [0, 0.1) is 11.8 Å². The Kier molecular flexibility index (Phi) is 4.51. The molecule has 0 aliphatic heterocycles. The summed E-state index contributed by atoms with van der Waals surface area (Å²) in [5.74, 6) is 0. The normalized spacial score (nSPS) is 18.4. The Morgan fingerprint density at radius 2 is 1.68 bits per heavy atom. The van der Waals surface area contributed by atoms with Gasteiger partial charge in [-0.1, -0.05) is 17.7 Å². The molecule has 106 valence electrons. The predicted octanol–water partition coefficient (Wildman–Crippen LogP) is 3.19. The molecule has 1 rings (SSSR count). The zero-order valence-electron chi connectivity index (χ0n) is 9.31. The molecule has 0 amide bonds. The first-order chi connectivity index (χ1) is 8.52. The topological polar surface area (TPSA) is 72.8 Å². The van der Waals surface area contributed by atoms with Crippen molar-refractivity contribution in [3.63, 3.8) is 0 Å². The highest BCUT2D eigenvalue weighted by molar-refractivity contribution is 7.86. The average Bonchev–Trinajstić information content (AvgIpc) is 2.28. The van der Waals surface area contributed by atoms with Gasteiger partial charge in [0.15, 0.2) is 0 Å². The SMILES string of the molecule is Cc1ccc(S(=O)(=O)OC(F)(Cl)C(F)(Cl)N=O)cc1. The molecule has 2 atom stereocenters. The van der Waals surface area contributed by atoms with Gasteiger partial charge in [0.1, 0.15) is 0 Å². The van der Waals surface area contributed by atoms with Gasteiger partial charge in [0, 0.05) is 0 Å². The summed E-state index contributed by atoms with van der Waals surface area (Å²) in [6, 6.07) is 4.96. The summed E-state index contributed by atoms with van der Waals surface area (Å²) in [5.41, 5.74) is 0.725. The maximum absolute atomic E-state index is 13.5. The van der Waals surface area contributed by atoms with E-state index >= 15 is 0 Å². The first-order valence-corrected chi connectivity index (χ1v) is 6.81. The molecule has 0 N–H and O–H groups in total. The first-order valence-electron chi connectivity index (χ1n) is 4.64. The van der Waals surface area contributed by atoms with Gasteiger partial charge in [-0.3, -0.25) is 0 Å². The average molecular weight is 334 g/mol. The van der Waals surface area contributed by atoms with Crippen molar-refractivity contribution in [3.05, 3.63) is 34.7 Å². The van der Waals surface area contributed by atoms with Crippen LogP contribution in [0.4, 0.5) is 8.78 Å². The van der Waals surface area contributed by atoms with Crippen molar-refractivity contribution in [3.8, 4) is 0 Å². The van der Waals surface area contributed by atoms with E-state index in [1.165, 1.54) is 17.3 Å². The van der Waals surface area contributed by atoms with Crippen LogP contribution in [0.2, 0.25) is 0 Å². The maximum atomic E-state index is 13.5. The monoisotopic (exact) mass is 333 g/mol. The van der Waals surface area contributed by atoms with Crippen molar-refractivity contribution in [2.75, 3.05) is 0 Å². The molecule has 0 fully saturated rings. The molecule has 0 saturated heterocycles. The lowest BCUT2D eigenvalue weighted by atomic mass is 10.2. The van der Waals surface area contributed by atoms with Crippen molar-refractivity contribution < 1.29 is 21.4 Å². The van der Waals surface area contributed by atoms with Crippen LogP contribution in [0.3, 0.4) is 0 Å². The molecule has 0 aromatic heterocycles. The van der Waals surface area contributed by atoms with Crippen LogP contribution in [0.5, 0.6) is 0 Å². The van der Waals surface area contributed by atoms with Crippen LogP contribution >= 0.6 is 23.2 Å². The van der Waals surface area contributed by atoms with E-state index < -0.39 is 25.6 Å². The summed E-state index contributed by atoms with van der Waals surface area (Å²) in [5, 5.41) is -6.72. The van der Waals surface area contributed by atoms with E-state index in [9.17, 15) is 22.1 Å². The molecule has 0 aliphatic carbocycles. The summed E-state index contributed by atoms with van der Waals surface area (Å²) >= 11 is 9.51. The lowest BCUT2D eigenvalue weighted by Gasteiger charge is -2.22. The smallest absolute Gasteiger partial charge is 0.205 e. The van der Waals surface area contributed by atoms with E-state index in [0.717, 1.165) is 17.7 Å². The molecular weight excluding hydrogens is 327 g/mol. The maximum Gasteiger partial charge on any atom is 0.387 e. The predicted molar refractivity (Wildman–Crippen MR) is 64.6 cm³/mol. The van der Waals surface area contributed by atoms with Crippen LogP contribution in [0.25, 0.3) is 0 Å². The number of nitrogens with zero attached hydrogens (tertiary/aromatic N) is 1. The second-order valence-electron chi connectivity index (χ2n) is 3.50. The highest BCUT2D eigenvalue weighted by Crippen LogP contribution is 2.42. The standard InChI is InChI=1S/C9H7Cl2F2NO4S/c1-6-2-4-7(5-3-6)19(16,17)18-9(11,13)8(10,12)14-15/h2-5H,1H3. The summed E-state index contributed by atoms with van der Waals surface area (Å²) in [4.78, 5) is 9.50. The van der Waals surface area contributed by atoms with E-state index in [1.807, 2.05) is 0 Å². The highest BCUT2D eigenvalue weighted by atomic mass is 35.5. The van der Waals surface area contributed by atoms with Crippen molar-refractivity contribution in [2.24, 2.45) is 5.18 Å². The molecule has 0 spiro atoms. The number of hydrogen-bond donors (Lipinski definition) is 0. The van der Waals surface area contributed by atoms with Gasteiger partial charge < -0.3 is 0 Å². The van der Waals surface area contributed by atoms with Crippen LogP contribution in [-0.4, -0.2) is 19.0 Å². The molecule has 0 saturated carbocycles. The van der Waals surface area contributed by atoms with Crippen LogP contribution in [-0.2, 0) is 14.3 Å². The van der Waals surface area contributed by atoms with Gasteiger partial charge in [-0.25, -0.2) is 4.18 Å². The van der Waals surface area contributed by atoms with Gasteiger partial charge in [-0.15, -0.1) is 4.91 Å². The fraction of sp³-hybridized carbons (Fsp3) is 0.333. The summed E-state index contributed by atoms with van der Waals surface area (Å²) in [6.45, 7) is 1.68. The third-order valence-corrected chi connectivity index (χ3v) is 4.12. The zero-order valence-corrected chi connectivity index (χ0v) is 11.6. The van der Waals surface area contributed by atoms with Crippen molar-refractivity contribution in [2.45, 2.75) is 22.4 Å². The van der Waals surface area contributed by atoms with Gasteiger partial charge in [-0.2, -0.15) is 17.2 Å². The summed E-state index contributed by atoms with van der Waals surface area (Å²) in [7, 11) is -4.76. The largest absolute Gasteiger partial charge is 0.387 e. The van der Waals surface area contributed by atoms with Crippen molar-refractivity contribution in [1.29, 1.82) is 0 Å². The second kappa shape index (κ2) is 5.28. The quantitative estimate of drug-likeness (QED) is 0.359. The van der Waals surface area contributed by atoms with E-state index in [-0.39, 0.29) is 0 Å². The third kappa shape index (κ3) is 3.59. The number of benzene rings is 1. The van der Waals surface area contributed by atoms with Crippen LogP contribution < -0.4 is 0 Å². The molecule has 10 heteroatoms. The fourth-order valence-corrected chi connectivity index (χ4v) is 2.31. The molecule has 19 heavy (non-hydrogen) atoms. The molecule has 5 nitrogen and oxygen atoms in total. The first kappa shape index (κ1) is 16.2.